The van der Waals surface area contributed by atoms with Gasteiger partial charge in [-0.2, -0.15) is 13.2 Å². The average molecular weight is 419 g/mol. The van der Waals surface area contributed by atoms with Crippen molar-refractivity contribution in [2.45, 2.75) is 32.0 Å². The van der Waals surface area contributed by atoms with Gasteiger partial charge < -0.3 is 5.32 Å². The summed E-state index contributed by atoms with van der Waals surface area (Å²) in [6.45, 7) is 2.75. The van der Waals surface area contributed by atoms with E-state index in [-0.39, 0.29) is 17.9 Å². The maximum atomic E-state index is 13.8. The number of likely N-dealkylation sites (N-methyl/N-ethyl adjacent to an activating group) is 1. The number of nitrogens with one attached hydrogen (secondary N) is 1. The number of halogens is 3. The van der Waals surface area contributed by atoms with E-state index in [1.165, 1.54) is 12.1 Å². The highest BCUT2D eigenvalue weighted by atomic mass is 19.4. The molecule has 0 saturated carbocycles. The van der Waals surface area contributed by atoms with Gasteiger partial charge in [-0.3, -0.25) is 19.4 Å². The molecule has 1 atom stereocenters. The smallest absolute Gasteiger partial charge is 0.324 e. The molecule has 3 rings (SSSR count). The maximum absolute atomic E-state index is 13.8. The SMILES string of the molecule is CCN(CCc1ccccc1)CC(=O)N1c2ccccc2NC(=O)CC1C(F)(F)F. The van der Waals surface area contributed by atoms with E-state index in [9.17, 15) is 22.8 Å². The summed E-state index contributed by atoms with van der Waals surface area (Å²) in [6.07, 6.45) is -4.88. The summed E-state index contributed by atoms with van der Waals surface area (Å²) in [5.41, 5.74) is 1.36. The Hall–Kier alpha value is -2.87. The first-order valence-corrected chi connectivity index (χ1v) is 9.83. The largest absolute Gasteiger partial charge is 0.409 e. The summed E-state index contributed by atoms with van der Waals surface area (Å²) in [5, 5.41) is 2.48. The number of amides is 2. The van der Waals surface area contributed by atoms with Gasteiger partial charge in [-0.15, -0.1) is 0 Å². The van der Waals surface area contributed by atoms with Crippen LogP contribution in [0, 0.1) is 0 Å². The number of carbonyl (C=O) groups excluding carboxylic acids is 2. The number of fused-ring (bicyclic) bond motifs is 1. The molecule has 0 aliphatic carbocycles. The molecule has 8 heteroatoms. The number of anilines is 2. The molecule has 0 radical (unpaired) electrons. The Bertz CT molecular complexity index is 887. The maximum Gasteiger partial charge on any atom is 0.409 e. The van der Waals surface area contributed by atoms with Crippen LogP contribution in [0.2, 0.25) is 0 Å². The van der Waals surface area contributed by atoms with Crippen LogP contribution in [0.4, 0.5) is 24.5 Å². The number of para-hydroxylation sites is 2. The molecule has 0 spiro atoms. The Morgan fingerprint density at radius 2 is 1.80 bits per heavy atom. The highest BCUT2D eigenvalue weighted by Crippen LogP contribution is 2.37. The van der Waals surface area contributed by atoms with E-state index in [0.717, 1.165) is 10.5 Å². The molecule has 2 aromatic carbocycles. The quantitative estimate of drug-likeness (QED) is 0.774. The summed E-state index contributed by atoms with van der Waals surface area (Å²) in [5.74, 6) is -1.45. The second-order valence-electron chi connectivity index (χ2n) is 7.19. The normalized spacial score (nSPS) is 16.8. The van der Waals surface area contributed by atoms with Gasteiger partial charge in [-0.1, -0.05) is 49.4 Å². The molecule has 1 aliphatic rings. The molecule has 1 aliphatic heterocycles. The first kappa shape index (κ1) is 21.8. The van der Waals surface area contributed by atoms with Crippen molar-refractivity contribution in [3.63, 3.8) is 0 Å². The van der Waals surface area contributed by atoms with Crippen LogP contribution >= 0.6 is 0 Å². The van der Waals surface area contributed by atoms with Gasteiger partial charge in [0.25, 0.3) is 0 Å². The molecular formula is C22H24F3N3O2. The van der Waals surface area contributed by atoms with E-state index >= 15 is 0 Å². The van der Waals surface area contributed by atoms with E-state index in [2.05, 4.69) is 5.32 Å². The van der Waals surface area contributed by atoms with Crippen LogP contribution < -0.4 is 10.2 Å². The van der Waals surface area contributed by atoms with E-state index in [1.54, 1.807) is 12.1 Å². The Morgan fingerprint density at radius 3 is 2.47 bits per heavy atom. The zero-order valence-electron chi connectivity index (χ0n) is 16.7. The molecule has 5 nitrogen and oxygen atoms in total. The van der Waals surface area contributed by atoms with Crippen LogP contribution in [0.3, 0.4) is 0 Å². The third kappa shape index (κ3) is 5.18. The zero-order chi connectivity index (χ0) is 21.7. The van der Waals surface area contributed by atoms with E-state index in [0.29, 0.717) is 19.5 Å². The van der Waals surface area contributed by atoms with Crippen LogP contribution in [-0.4, -0.2) is 48.6 Å². The fourth-order valence-electron chi connectivity index (χ4n) is 3.54. The molecule has 30 heavy (non-hydrogen) atoms. The van der Waals surface area contributed by atoms with Gasteiger partial charge >= 0.3 is 6.18 Å². The number of carbonyl (C=O) groups is 2. The van der Waals surface area contributed by atoms with Crippen LogP contribution in [0.1, 0.15) is 18.9 Å². The minimum absolute atomic E-state index is 0.0646. The van der Waals surface area contributed by atoms with Gasteiger partial charge in [-0.05, 0) is 30.7 Å². The molecule has 2 aromatic rings. The lowest BCUT2D eigenvalue weighted by Gasteiger charge is -2.33. The summed E-state index contributed by atoms with van der Waals surface area (Å²) < 4.78 is 41.4. The third-order valence-corrected chi connectivity index (χ3v) is 5.14. The topological polar surface area (TPSA) is 52.7 Å². The number of nitrogens with zero attached hydrogens (tertiary/aromatic N) is 2. The van der Waals surface area contributed by atoms with Gasteiger partial charge in [0.05, 0.1) is 24.3 Å². The van der Waals surface area contributed by atoms with Crippen molar-refractivity contribution >= 4 is 23.2 Å². The molecule has 1 N–H and O–H groups in total. The van der Waals surface area contributed by atoms with Gasteiger partial charge in [0.1, 0.15) is 6.04 Å². The van der Waals surface area contributed by atoms with Crippen LogP contribution in [-0.2, 0) is 16.0 Å². The molecule has 1 heterocycles. The molecule has 0 saturated heterocycles. The second kappa shape index (κ2) is 9.30. The Balaban J connectivity index is 1.83. The third-order valence-electron chi connectivity index (χ3n) is 5.14. The molecule has 160 valence electrons. The lowest BCUT2D eigenvalue weighted by atomic mass is 10.1. The average Bonchev–Trinajstić information content (AvgIpc) is 2.87. The van der Waals surface area contributed by atoms with Crippen LogP contribution in [0.15, 0.2) is 54.6 Å². The first-order valence-electron chi connectivity index (χ1n) is 9.83. The minimum atomic E-state index is -4.73. The van der Waals surface area contributed by atoms with Crippen LogP contribution in [0.25, 0.3) is 0 Å². The summed E-state index contributed by atoms with van der Waals surface area (Å²) in [4.78, 5) is 27.7. The zero-order valence-corrected chi connectivity index (χ0v) is 16.7. The summed E-state index contributed by atoms with van der Waals surface area (Å²) in [6, 6.07) is 13.6. The lowest BCUT2D eigenvalue weighted by Crippen LogP contribution is -2.52. The molecule has 0 bridgehead atoms. The first-order chi connectivity index (χ1) is 14.3. The van der Waals surface area contributed by atoms with Crippen molar-refractivity contribution in [3.05, 3.63) is 60.2 Å². The molecular weight excluding hydrogens is 395 g/mol. The van der Waals surface area contributed by atoms with E-state index < -0.39 is 30.5 Å². The monoisotopic (exact) mass is 419 g/mol. The van der Waals surface area contributed by atoms with Crippen molar-refractivity contribution in [3.8, 4) is 0 Å². The highest BCUT2D eigenvalue weighted by Gasteiger charge is 2.49. The summed E-state index contributed by atoms with van der Waals surface area (Å²) >= 11 is 0. The second-order valence-corrected chi connectivity index (χ2v) is 7.19. The Morgan fingerprint density at radius 1 is 1.13 bits per heavy atom. The Labute approximate surface area is 173 Å². The number of benzene rings is 2. The molecule has 0 fully saturated rings. The van der Waals surface area contributed by atoms with Crippen molar-refractivity contribution in [2.75, 3.05) is 29.9 Å². The van der Waals surface area contributed by atoms with Crippen molar-refractivity contribution < 1.29 is 22.8 Å². The number of rotatable bonds is 6. The van der Waals surface area contributed by atoms with Crippen molar-refractivity contribution in [2.24, 2.45) is 0 Å². The molecule has 2 amide bonds. The predicted molar refractivity (Wildman–Crippen MR) is 109 cm³/mol. The predicted octanol–water partition coefficient (Wildman–Crippen LogP) is 3.86. The van der Waals surface area contributed by atoms with E-state index in [4.69, 9.17) is 0 Å². The minimum Gasteiger partial charge on any atom is -0.324 e. The van der Waals surface area contributed by atoms with Crippen LogP contribution in [0.5, 0.6) is 0 Å². The standard InChI is InChI=1S/C22H24F3N3O2/c1-2-27(13-12-16-8-4-3-5-9-16)15-21(30)28-18-11-7-6-10-17(18)26-20(29)14-19(28)22(23,24)25/h3-11,19H,2,12-15H2,1H3,(H,26,29). The van der Waals surface area contributed by atoms with Gasteiger partial charge in [-0.25, -0.2) is 0 Å². The van der Waals surface area contributed by atoms with Crippen molar-refractivity contribution in [1.82, 2.24) is 4.90 Å². The fraction of sp³-hybridized carbons (Fsp3) is 0.364. The van der Waals surface area contributed by atoms with Gasteiger partial charge in [0, 0.05) is 6.54 Å². The molecule has 0 aromatic heterocycles. The van der Waals surface area contributed by atoms with E-state index in [1.807, 2.05) is 42.2 Å². The number of hydrogen-bond donors (Lipinski definition) is 1. The fourth-order valence-corrected chi connectivity index (χ4v) is 3.54. The number of hydrogen-bond acceptors (Lipinski definition) is 3. The summed E-state index contributed by atoms with van der Waals surface area (Å²) in [7, 11) is 0. The highest BCUT2D eigenvalue weighted by molar-refractivity contribution is 6.05. The Kier molecular flexibility index (Phi) is 6.77. The van der Waals surface area contributed by atoms with Gasteiger partial charge in [0.15, 0.2) is 0 Å². The lowest BCUT2D eigenvalue weighted by molar-refractivity contribution is -0.158. The van der Waals surface area contributed by atoms with Crippen molar-refractivity contribution in [1.29, 1.82) is 0 Å². The van der Waals surface area contributed by atoms with Gasteiger partial charge in [0.2, 0.25) is 11.8 Å². The molecule has 1 unspecified atom stereocenters. The number of alkyl halides is 3.